The van der Waals surface area contributed by atoms with E-state index in [0.717, 1.165) is 5.22 Å². The number of hydrogen-bond acceptors (Lipinski definition) is 3. The van der Waals surface area contributed by atoms with Gasteiger partial charge in [-0.25, -0.2) is 4.99 Å². The maximum Gasteiger partial charge on any atom is 0.281 e. The number of nitrogens with zero attached hydrogens (tertiary/aromatic N) is 3. The van der Waals surface area contributed by atoms with E-state index in [1.54, 1.807) is 6.07 Å². The molecule has 1 aromatic rings. The molecule has 0 atom stereocenters. The van der Waals surface area contributed by atoms with E-state index < -0.39 is 0 Å². The molecular weight excluding hydrogens is 218 g/mol. The second-order valence-electron chi connectivity index (χ2n) is 3.04. The minimum atomic E-state index is -0.260. The molecule has 2 aliphatic heterocycles. The first kappa shape index (κ1) is 10.7. The zero-order valence-electron chi connectivity index (χ0n) is 7.49. The number of carbonyl (C=O) groups excluding carboxylic acids is 1. The molecule has 3 rings (SSSR count). The Bertz CT molecular complexity index is 616. The predicted molar refractivity (Wildman–Crippen MR) is 48.6 cm³/mol. The number of hydrogen-bond donors (Lipinski definition) is 0. The van der Waals surface area contributed by atoms with Gasteiger partial charge < -0.3 is 0 Å². The normalized spacial score (nSPS) is 16.1. The summed E-state index contributed by atoms with van der Waals surface area (Å²) in [5.74, 6) is -0.260. The summed E-state index contributed by atoms with van der Waals surface area (Å²) in [4.78, 5) is 15.4. The molecule has 0 N–H and O–H groups in total. The molecule has 1 amide bonds. The molecule has 0 saturated carbocycles. The molecule has 2 heterocycles. The smallest absolute Gasteiger partial charge is 0.267 e. The summed E-state index contributed by atoms with van der Waals surface area (Å²) in [7, 11) is 0. The summed E-state index contributed by atoms with van der Waals surface area (Å²) in [5, 5.41) is 9.19. The van der Waals surface area contributed by atoms with Crippen LogP contribution in [0, 0.1) is 37.7 Å². The fourth-order valence-corrected chi connectivity index (χ4v) is 1.56. The van der Waals surface area contributed by atoms with Gasteiger partial charge in [0.25, 0.3) is 5.91 Å². The van der Waals surface area contributed by atoms with Crippen molar-refractivity contribution in [3.63, 3.8) is 0 Å². The van der Waals surface area contributed by atoms with Crippen LogP contribution in [0.4, 0.5) is 0 Å². The molecule has 4 nitrogen and oxygen atoms in total. The van der Waals surface area contributed by atoms with Crippen LogP contribution in [-0.2, 0) is 4.79 Å². The van der Waals surface area contributed by atoms with Gasteiger partial charge in [0.2, 0.25) is 0 Å². The van der Waals surface area contributed by atoms with Gasteiger partial charge >= 0.3 is 0 Å². The van der Waals surface area contributed by atoms with Crippen LogP contribution in [0.25, 0.3) is 5.70 Å². The monoisotopic (exact) mass is 223 g/mol. The second-order valence-corrected chi connectivity index (χ2v) is 3.04. The number of azo groups is 1. The number of carbonyl (C=O) groups is 1. The van der Waals surface area contributed by atoms with Gasteiger partial charge in [-0.2, -0.15) is 5.11 Å². The van der Waals surface area contributed by atoms with Gasteiger partial charge in [0.05, 0.1) is 17.1 Å². The van der Waals surface area contributed by atoms with Crippen molar-refractivity contribution in [1.29, 1.82) is 0 Å². The first-order valence-corrected chi connectivity index (χ1v) is 4.20. The quantitative estimate of drug-likeness (QED) is 0.624. The molecule has 1 aromatic carbocycles. The molecule has 74 valence electrons. The van der Waals surface area contributed by atoms with Crippen LogP contribution in [-0.4, -0.2) is 5.91 Å². The first-order chi connectivity index (χ1) is 6.86. The fraction of sp³-hybridized carbons (Fsp3) is 0. The van der Waals surface area contributed by atoms with Crippen molar-refractivity contribution in [3.8, 4) is 0 Å². The minimum absolute atomic E-state index is 0. The average Bonchev–Trinajstić information content (AvgIpc) is 2.67. The summed E-state index contributed by atoms with van der Waals surface area (Å²) < 4.78 is 0. The van der Waals surface area contributed by atoms with Crippen LogP contribution in [0.15, 0.2) is 51.3 Å². The van der Waals surface area contributed by atoms with E-state index in [2.05, 4.69) is 15.2 Å². The van der Waals surface area contributed by atoms with Gasteiger partial charge in [-0.15, -0.1) is 5.11 Å². The third-order valence-electron chi connectivity index (χ3n) is 2.21. The molecule has 0 radical (unpaired) electrons. The van der Waals surface area contributed by atoms with Crippen molar-refractivity contribution in [2.24, 2.45) is 15.2 Å². The van der Waals surface area contributed by atoms with Crippen LogP contribution >= 0.6 is 0 Å². The number of fused-ring (bicyclic) bond motifs is 2. The maximum absolute atomic E-state index is 11.5. The zero-order chi connectivity index (χ0) is 9.54. The third-order valence-corrected chi connectivity index (χ3v) is 2.21. The van der Waals surface area contributed by atoms with Gasteiger partial charge in [-0.1, -0.05) is 18.2 Å². The van der Waals surface area contributed by atoms with E-state index in [1.165, 1.54) is 6.20 Å². The third kappa shape index (κ3) is 1.58. The topological polar surface area (TPSA) is 54.1 Å². The van der Waals surface area contributed by atoms with E-state index >= 15 is 0 Å². The molecule has 0 saturated heterocycles. The van der Waals surface area contributed by atoms with Crippen LogP contribution in [0.2, 0.25) is 0 Å². The summed E-state index contributed by atoms with van der Waals surface area (Å²) in [6.07, 6.45) is 1.46. The van der Waals surface area contributed by atoms with Crippen molar-refractivity contribution in [2.75, 3.05) is 0 Å². The Morgan fingerprint density at radius 1 is 1.13 bits per heavy atom. The van der Waals surface area contributed by atoms with Crippen LogP contribution in [0.5, 0.6) is 0 Å². The minimum Gasteiger partial charge on any atom is -0.267 e. The number of benzene rings is 1. The summed E-state index contributed by atoms with van der Waals surface area (Å²) in [6, 6.07) is 7.42. The van der Waals surface area contributed by atoms with Crippen molar-refractivity contribution in [1.82, 2.24) is 0 Å². The fourth-order valence-electron chi connectivity index (χ4n) is 1.56. The van der Waals surface area contributed by atoms with E-state index in [4.69, 9.17) is 0 Å². The molecule has 0 aromatic heterocycles. The molecule has 2 aliphatic rings. The molecule has 0 unspecified atom stereocenters. The molecule has 0 aliphatic carbocycles. The van der Waals surface area contributed by atoms with E-state index in [9.17, 15) is 4.79 Å². The number of rotatable bonds is 0. The number of amides is 1. The molecule has 0 spiro atoms. The Balaban J connectivity index is 0.000000853. The Kier molecular flexibility index (Phi) is 2.82. The van der Waals surface area contributed by atoms with Crippen LogP contribution in [0.3, 0.4) is 0 Å². The Morgan fingerprint density at radius 3 is 2.80 bits per heavy atom. The summed E-state index contributed by atoms with van der Waals surface area (Å²) in [5.41, 5.74) is 1.13. The van der Waals surface area contributed by atoms with Gasteiger partial charge in [0.15, 0.2) is 0 Å². The second kappa shape index (κ2) is 3.96. The standard InChI is InChI=1S/C10H5N3O.Ar/c14-10-7-5-11-13-9(7)6-3-1-2-4-8(6)12-10;/h1-5H;. The van der Waals surface area contributed by atoms with E-state index in [0.29, 0.717) is 16.6 Å². The molecule has 0 fully saturated rings. The van der Waals surface area contributed by atoms with Crippen molar-refractivity contribution in [3.05, 3.63) is 46.6 Å². The van der Waals surface area contributed by atoms with Crippen LogP contribution in [0.1, 0.15) is 0 Å². The summed E-state index contributed by atoms with van der Waals surface area (Å²) >= 11 is 0. The van der Waals surface area contributed by atoms with Gasteiger partial charge in [-0.05, 0) is 6.07 Å². The Morgan fingerprint density at radius 2 is 1.93 bits per heavy atom. The van der Waals surface area contributed by atoms with Gasteiger partial charge in [0, 0.05) is 43.0 Å². The maximum atomic E-state index is 11.5. The van der Waals surface area contributed by atoms with Crippen molar-refractivity contribution < 1.29 is 42.5 Å². The zero-order valence-corrected chi connectivity index (χ0v) is 8.20. The van der Waals surface area contributed by atoms with Gasteiger partial charge in [-0.3, -0.25) is 4.79 Å². The van der Waals surface area contributed by atoms with Crippen molar-refractivity contribution >= 4 is 11.6 Å². The van der Waals surface area contributed by atoms with E-state index in [-0.39, 0.29) is 43.6 Å². The Labute approximate surface area is 115 Å². The first-order valence-electron chi connectivity index (χ1n) is 4.20. The molecule has 15 heavy (non-hydrogen) atoms. The van der Waals surface area contributed by atoms with Gasteiger partial charge in [0.1, 0.15) is 5.70 Å². The SMILES string of the molecule is O=C1N=c2ccccc2=C2N=NC=C12.[Ar]. The molecular formula is C10H5ArN3O. The average molecular weight is 223 g/mol. The largest absolute Gasteiger partial charge is 0.281 e. The Hall–Kier alpha value is -0.840. The van der Waals surface area contributed by atoms with Crippen molar-refractivity contribution in [2.45, 2.75) is 0 Å². The predicted octanol–water partition coefficient (Wildman–Crippen LogP) is 0.304. The van der Waals surface area contributed by atoms with E-state index in [1.807, 2.05) is 18.2 Å². The molecule has 0 bridgehead atoms. The molecule has 5 heteroatoms. The summed E-state index contributed by atoms with van der Waals surface area (Å²) in [6.45, 7) is 0. The van der Waals surface area contributed by atoms with Crippen LogP contribution < -0.4 is 10.6 Å². The number of para-hydroxylation sites is 1.